The maximum Gasteiger partial charge on any atom is 0.303 e. The highest BCUT2D eigenvalue weighted by atomic mass is 16.8. The van der Waals surface area contributed by atoms with Gasteiger partial charge in [0.2, 0.25) is 0 Å². The van der Waals surface area contributed by atoms with E-state index in [0.717, 1.165) is 80.6 Å². The molecule has 0 radical (unpaired) electrons. The summed E-state index contributed by atoms with van der Waals surface area (Å²) in [6.45, 7) is 16.4. The number of hydrogen-bond donors (Lipinski definition) is 0. The number of ether oxygens (including phenoxy) is 13. The van der Waals surface area contributed by atoms with Gasteiger partial charge in [-0.3, -0.25) is 38.4 Å². The van der Waals surface area contributed by atoms with E-state index in [1.165, 1.54) is 0 Å². The second kappa shape index (κ2) is 22.0. The highest BCUT2D eigenvalue weighted by molar-refractivity contribution is 5.84. The zero-order valence-electron chi connectivity index (χ0n) is 44.5. The van der Waals surface area contributed by atoms with Gasteiger partial charge in [-0.05, 0) is 85.4 Å². The van der Waals surface area contributed by atoms with Crippen molar-refractivity contribution in [2.45, 2.75) is 213 Å². The van der Waals surface area contributed by atoms with Gasteiger partial charge in [0.05, 0.1) is 18.8 Å². The van der Waals surface area contributed by atoms with E-state index < -0.39 is 128 Å². The number of Topliss-reactive ketones (excluding diaryl/α,β-unsaturated/α-hetero) is 1. The van der Waals surface area contributed by atoms with Crippen molar-refractivity contribution in [2.24, 2.45) is 52.3 Å². The molecule has 4 saturated carbocycles. The topological polar surface area (TPSA) is 257 Å². The van der Waals surface area contributed by atoms with E-state index in [1.54, 1.807) is 0 Å². The summed E-state index contributed by atoms with van der Waals surface area (Å²) in [5, 5.41) is 0. The average molecular weight is 1050 g/mol. The van der Waals surface area contributed by atoms with Crippen LogP contribution in [0.3, 0.4) is 0 Å². The van der Waals surface area contributed by atoms with E-state index in [2.05, 4.69) is 27.7 Å². The first-order chi connectivity index (χ1) is 34.8. The lowest BCUT2D eigenvalue weighted by atomic mass is 9.44. The van der Waals surface area contributed by atoms with Crippen molar-refractivity contribution in [3.63, 3.8) is 0 Å². The fraction of sp³-hybridized carbons (Fsp3) is 0.849. The zero-order valence-corrected chi connectivity index (χ0v) is 44.5. The number of rotatable bonds is 13. The van der Waals surface area contributed by atoms with Gasteiger partial charge in [0.1, 0.15) is 37.3 Å². The van der Waals surface area contributed by atoms with E-state index in [9.17, 15) is 38.4 Å². The summed E-state index contributed by atoms with van der Waals surface area (Å²) in [5.41, 5.74) is -0.514. The molecule has 22 atom stereocenters. The molecular weight excluding hydrogens is 973 g/mol. The molecule has 0 aromatic heterocycles. The largest absolute Gasteiger partial charge is 0.463 e. The molecule has 4 aliphatic heterocycles. The summed E-state index contributed by atoms with van der Waals surface area (Å²) in [6.07, 6.45) is -9.26. The Hall–Kier alpha value is -4.28. The van der Waals surface area contributed by atoms with Crippen LogP contribution in [0.15, 0.2) is 0 Å². The zero-order chi connectivity index (χ0) is 53.8. The average Bonchev–Trinajstić information content (AvgIpc) is 3.74. The smallest absolute Gasteiger partial charge is 0.303 e. The first-order valence-corrected chi connectivity index (χ1v) is 26.4. The molecule has 8 rings (SSSR count). The summed E-state index contributed by atoms with van der Waals surface area (Å²) in [6, 6.07) is 0. The van der Waals surface area contributed by atoms with Crippen LogP contribution in [0.2, 0.25) is 0 Å². The SMILES string of the molecule is CC(=O)OC[C@H]1O[C@@H](O[C@H]2[C@H](OC(C)=O)[C@@H](OC(C)=O)[C@@H](O[C@H]3CC[C@@]4(C)[C@@H](CC[C@@H]5[C@@H]4C(=O)C[C@]4(C)C6C(C[C@@H]54)O[C@]4(CC[C@@H](C)CO4)C6C)C3)O[C@@H]2COC(C)=O)[C@H](OC(C)=O)[C@@H](OC(C)=O)[C@@H]1OC(C)=O. The van der Waals surface area contributed by atoms with Crippen molar-refractivity contribution >= 4 is 47.6 Å². The van der Waals surface area contributed by atoms with Crippen molar-refractivity contribution in [1.82, 2.24) is 0 Å². The predicted octanol–water partition coefficient (Wildman–Crippen LogP) is 4.62. The summed E-state index contributed by atoms with van der Waals surface area (Å²) < 4.78 is 78.8. The first kappa shape index (κ1) is 55.9. The Bertz CT molecular complexity index is 2160. The molecule has 21 heteroatoms. The minimum atomic E-state index is -1.81. The van der Waals surface area contributed by atoms with Gasteiger partial charge in [-0.1, -0.05) is 27.7 Å². The molecule has 0 bridgehead atoms. The molecular formula is C53H76O21. The third-order valence-corrected chi connectivity index (χ3v) is 17.8. The first-order valence-electron chi connectivity index (χ1n) is 26.4. The van der Waals surface area contributed by atoms with Gasteiger partial charge in [-0.2, -0.15) is 0 Å². The van der Waals surface area contributed by atoms with Gasteiger partial charge in [0, 0.05) is 73.1 Å². The molecule has 21 nitrogen and oxygen atoms in total. The fourth-order valence-electron chi connectivity index (χ4n) is 14.9. The number of esters is 7. The van der Waals surface area contributed by atoms with E-state index in [-0.39, 0.29) is 46.5 Å². The highest BCUT2D eigenvalue weighted by Crippen LogP contribution is 2.70. The number of ketones is 1. The summed E-state index contributed by atoms with van der Waals surface area (Å²) in [5.74, 6) is -4.62. The van der Waals surface area contributed by atoms with Crippen LogP contribution in [0.1, 0.15) is 134 Å². The lowest BCUT2D eigenvalue weighted by Gasteiger charge is -2.60. The Kier molecular flexibility index (Phi) is 16.6. The molecule has 1 spiro atoms. The molecule has 8 fully saturated rings. The molecule has 0 amide bonds. The van der Waals surface area contributed by atoms with Crippen LogP contribution in [-0.4, -0.2) is 147 Å². The molecule has 4 heterocycles. The van der Waals surface area contributed by atoms with E-state index in [4.69, 9.17) is 61.6 Å². The molecule has 0 aromatic rings. The van der Waals surface area contributed by atoms with Crippen molar-refractivity contribution in [3.05, 3.63) is 0 Å². The molecule has 414 valence electrons. The molecule has 3 unspecified atom stereocenters. The van der Waals surface area contributed by atoms with Gasteiger partial charge in [-0.25, -0.2) is 0 Å². The molecule has 4 aliphatic carbocycles. The maximum absolute atomic E-state index is 14.8. The third kappa shape index (κ3) is 11.1. The standard InChI is InChI=1S/C53H76O21/c1-24-14-17-53(64-21-24)25(2)41-38(74-53)19-36-35-13-12-33-18-34(15-16-51(33,10)42(35)37(61)20-52(36,41)11)70-49-47(68-31(8)59)46(67-30(7)58)44(40(71-49)23-63-27(4)55)73-50-48(69-32(9)60)45(66-29(6)57)43(65-28(5)56)39(72-50)22-62-26(3)54/h24-25,33-36,38-50H,12-23H2,1-11H3/t24-,25?,33+,34+,35+,36+,38?,39-,40-,41?,42-,43-,44-,45+,46+,47-,48-,49+,50+,51+,52+,53-/m1/s1. The van der Waals surface area contributed by atoms with Crippen molar-refractivity contribution in [3.8, 4) is 0 Å². The third-order valence-electron chi connectivity index (χ3n) is 17.8. The number of carbonyl (C=O) groups is 8. The van der Waals surface area contributed by atoms with Gasteiger partial charge in [-0.15, -0.1) is 0 Å². The maximum atomic E-state index is 14.8. The van der Waals surface area contributed by atoms with Crippen LogP contribution in [0.25, 0.3) is 0 Å². The molecule has 8 aliphatic rings. The minimum Gasteiger partial charge on any atom is -0.463 e. The van der Waals surface area contributed by atoms with Crippen LogP contribution in [-0.2, 0) is 99.9 Å². The molecule has 0 aromatic carbocycles. The lowest BCUT2D eigenvalue weighted by molar-refractivity contribution is -0.365. The molecule has 74 heavy (non-hydrogen) atoms. The van der Waals surface area contributed by atoms with Crippen LogP contribution in [0, 0.1) is 52.3 Å². The van der Waals surface area contributed by atoms with Crippen LogP contribution < -0.4 is 0 Å². The van der Waals surface area contributed by atoms with E-state index in [0.29, 0.717) is 49.9 Å². The van der Waals surface area contributed by atoms with E-state index in [1.807, 2.05) is 0 Å². The Morgan fingerprint density at radius 2 is 1.11 bits per heavy atom. The number of hydrogen-bond acceptors (Lipinski definition) is 21. The van der Waals surface area contributed by atoms with Gasteiger partial charge >= 0.3 is 41.8 Å². The fourth-order valence-corrected chi connectivity index (χ4v) is 14.9. The van der Waals surface area contributed by atoms with Gasteiger partial charge < -0.3 is 61.6 Å². The van der Waals surface area contributed by atoms with Crippen molar-refractivity contribution in [1.29, 1.82) is 0 Å². The Labute approximate surface area is 431 Å². The lowest BCUT2D eigenvalue weighted by Crippen LogP contribution is -2.67. The second-order valence-corrected chi connectivity index (χ2v) is 22.8. The predicted molar refractivity (Wildman–Crippen MR) is 250 cm³/mol. The minimum absolute atomic E-state index is 0.0490. The van der Waals surface area contributed by atoms with E-state index >= 15 is 0 Å². The molecule has 0 N–H and O–H groups in total. The van der Waals surface area contributed by atoms with Crippen LogP contribution in [0.5, 0.6) is 0 Å². The Morgan fingerprint density at radius 3 is 1.65 bits per heavy atom. The summed E-state index contributed by atoms with van der Waals surface area (Å²) in [7, 11) is 0. The summed E-state index contributed by atoms with van der Waals surface area (Å²) in [4.78, 5) is 103. The number of fused-ring (bicyclic) bond motifs is 7. The Balaban J connectivity index is 1.04. The van der Waals surface area contributed by atoms with Crippen molar-refractivity contribution < 1.29 is 99.9 Å². The van der Waals surface area contributed by atoms with Gasteiger partial charge in [0.15, 0.2) is 48.9 Å². The normalized spacial score (nSPS) is 44.3. The van der Waals surface area contributed by atoms with Crippen LogP contribution >= 0.6 is 0 Å². The van der Waals surface area contributed by atoms with Crippen molar-refractivity contribution in [2.75, 3.05) is 19.8 Å². The van der Waals surface area contributed by atoms with Crippen LogP contribution in [0.4, 0.5) is 0 Å². The summed E-state index contributed by atoms with van der Waals surface area (Å²) >= 11 is 0. The second-order valence-electron chi connectivity index (χ2n) is 22.8. The monoisotopic (exact) mass is 1050 g/mol. The number of carbonyl (C=O) groups excluding carboxylic acids is 8. The van der Waals surface area contributed by atoms with Gasteiger partial charge in [0.25, 0.3) is 0 Å². The quantitative estimate of drug-likeness (QED) is 0.139. The molecule has 4 saturated heterocycles. The Morgan fingerprint density at radius 1 is 0.581 bits per heavy atom. The highest BCUT2D eigenvalue weighted by Gasteiger charge is 2.71.